The third-order valence-corrected chi connectivity index (χ3v) is 4.53. The van der Waals surface area contributed by atoms with Gasteiger partial charge >= 0.3 is 0 Å². The Morgan fingerprint density at radius 2 is 2.00 bits per heavy atom. The number of amides is 2. The summed E-state index contributed by atoms with van der Waals surface area (Å²) in [5.74, 6) is -0.0599. The molecule has 7 nitrogen and oxygen atoms in total. The number of likely N-dealkylation sites (tertiary alicyclic amines) is 1. The van der Waals surface area contributed by atoms with E-state index in [2.05, 4.69) is 5.10 Å². The van der Waals surface area contributed by atoms with Crippen LogP contribution in [0, 0.1) is 0 Å². The van der Waals surface area contributed by atoms with E-state index in [9.17, 15) is 9.59 Å². The van der Waals surface area contributed by atoms with Gasteiger partial charge in [0.15, 0.2) is 6.10 Å². The van der Waals surface area contributed by atoms with Crippen molar-refractivity contribution in [2.75, 3.05) is 32.8 Å². The van der Waals surface area contributed by atoms with Crippen LogP contribution in [-0.2, 0) is 16.1 Å². The van der Waals surface area contributed by atoms with E-state index in [0.717, 1.165) is 25.9 Å². The number of hydrogen-bond donors (Lipinski definition) is 0. The summed E-state index contributed by atoms with van der Waals surface area (Å²) in [6, 6.07) is 1.72. The third kappa shape index (κ3) is 3.39. The standard InChI is InChI=1S/C16H24N4O3/c1-2-20-13(6-7-17-20)15(21)19-10-11-23-14(12-19)16(22)18-8-4-3-5-9-18/h6-7,14H,2-5,8-12H2,1H3/t14-/m1/s1. The lowest BCUT2D eigenvalue weighted by Gasteiger charge is -2.36. The van der Waals surface area contributed by atoms with Crippen molar-refractivity contribution in [3.63, 3.8) is 0 Å². The zero-order chi connectivity index (χ0) is 16.2. The second kappa shape index (κ2) is 7.12. The number of hydrogen-bond acceptors (Lipinski definition) is 4. The zero-order valence-corrected chi connectivity index (χ0v) is 13.6. The summed E-state index contributed by atoms with van der Waals surface area (Å²) >= 11 is 0. The molecule has 2 aliphatic rings. The highest BCUT2D eigenvalue weighted by Crippen LogP contribution is 2.16. The molecular formula is C16H24N4O3. The molecule has 1 aromatic rings. The van der Waals surface area contributed by atoms with E-state index < -0.39 is 6.10 Å². The SMILES string of the molecule is CCn1nccc1C(=O)N1CCO[C@@H](C(=O)N2CCCCC2)C1. The van der Waals surface area contributed by atoms with Gasteiger partial charge in [-0.15, -0.1) is 0 Å². The number of rotatable bonds is 3. The second-order valence-corrected chi connectivity index (χ2v) is 6.03. The molecular weight excluding hydrogens is 296 g/mol. The lowest BCUT2D eigenvalue weighted by molar-refractivity contribution is -0.149. The van der Waals surface area contributed by atoms with Crippen molar-refractivity contribution in [1.29, 1.82) is 0 Å². The average Bonchev–Trinajstić information content (AvgIpc) is 3.10. The lowest BCUT2D eigenvalue weighted by Crippen LogP contribution is -2.53. The normalized spacial score (nSPS) is 22.2. The molecule has 7 heteroatoms. The zero-order valence-electron chi connectivity index (χ0n) is 13.6. The van der Waals surface area contributed by atoms with Crippen molar-refractivity contribution >= 4 is 11.8 Å². The van der Waals surface area contributed by atoms with Gasteiger partial charge in [0.05, 0.1) is 13.2 Å². The first kappa shape index (κ1) is 16.0. The number of piperidine rings is 1. The van der Waals surface area contributed by atoms with Gasteiger partial charge in [0.1, 0.15) is 5.69 Å². The quantitative estimate of drug-likeness (QED) is 0.824. The van der Waals surface area contributed by atoms with Gasteiger partial charge < -0.3 is 14.5 Å². The lowest BCUT2D eigenvalue weighted by atomic mass is 10.1. The van der Waals surface area contributed by atoms with Crippen molar-refractivity contribution in [3.05, 3.63) is 18.0 Å². The van der Waals surface area contributed by atoms with Crippen molar-refractivity contribution < 1.29 is 14.3 Å². The number of aromatic nitrogens is 2. The fourth-order valence-corrected chi connectivity index (χ4v) is 3.23. The third-order valence-electron chi connectivity index (χ3n) is 4.53. The summed E-state index contributed by atoms with van der Waals surface area (Å²) in [5, 5.41) is 4.14. The van der Waals surface area contributed by atoms with Crippen LogP contribution < -0.4 is 0 Å². The predicted octanol–water partition coefficient (Wildman–Crippen LogP) is 0.756. The summed E-state index contributed by atoms with van der Waals surface area (Å²) < 4.78 is 7.32. The Morgan fingerprint density at radius 1 is 1.22 bits per heavy atom. The molecule has 2 amide bonds. The molecule has 0 bridgehead atoms. The van der Waals surface area contributed by atoms with Gasteiger partial charge in [-0.3, -0.25) is 14.3 Å². The summed E-state index contributed by atoms with van der Waals surface area (Å²) in [7, 11) is 0. The minimum absolute atomic E-state index is 0.0196. The van der Waals surface area contributed by atoms with Crippen LogP contribution in [0.3, 0.4) is 0 Å². The smallest absolute Gasteiger partial charge is 0.272 e. The van der Waals surface area contributed by atoms with Crippen molar-refractivity contribution in [3.8, 4) is 0 Å². The number of carbonyl (C=O) groups is 2. The average molecular weight is 320 g/mol. The van der Waals surface area contributed by atoms with Gasteiger partial charge in [-0.05, 0) is 32.3 Å². The molecule has 2 fully saturated rings. The van der Waals surface area contributed by atoms with E-state index in [1.54, 1.807) is 21.8 Å². The monoisotopic (exact) mass is 320 g/mol. The summed E-state index contributed by atoms with van der Waals surface area (Å²) in [6.45, 7) is 5.43. The largest absolute Gasteiger partial charge is 0.365 e. The fraction of sp³-hybridized carbons (Fsp3) is 0.688. The Bertz CT molecular complexity index is 565. The van der Waals surface area contributed by atoms with Gasteiger partial charge in [0.2, 0.25) is 0 Å². The number of nitrogens with zero attached hydrogens (tertiary/aromatic N) is 4. The van der Waals surface area contributed by atoms with Crippen LogP contribution in [0.15, 0.2) is 12.3 Å². The van der Waals surface area contributed by atoms with E-state index in [-0.39, 0.29) is 11.8 Å². The van der Waals surface area contributed by atoms with E-state index in [0.29, 0.717) is 31.9 Å². The van der Waals surface area contributed by atoms with E-state index >= 15 is 0 Å². The van der Waals surface area contributed by atoms with Crippen LogP contribution in [0.4, 0.5) is 0 Å². The number of carbonyl (C=O) groups excluding carboxylic acids is 2. The summed E-state index contributed by atoms with van der Waals surface area (Å²) in [6.07, 6.45) is 4.38. The van der Waals surface area contributed by atoms with Crippen molar-refractivity contribution in [2.24, 2.45) is 0 Å². The highest BCUT2D eigenvalue weighted by Gasteiger charge is 2.33. The molecule has 1 atom stereocenters. The Labute approximate surface area is 136 Å². The van der Waals surface area contributed by atoms with Gasteiger partial charge in [-0.25, -0.2) is 0 Å². The molecule has 0 radical (unpaired) electrons. The van der Waals surface area contributed by atoms with Gasteiger partial charge in [-0.2, -0.15) is 5.10 Å². The molecule has 1 aromatic heterocycles. The minimum Gasteiger partial charge on any atom is -0.365 e. The van der Waals surface area contributed by atoms with Crippen molar-refractivity contribution in [2.45, 2.75) is 38.8 Å². The molecule has 0 aliphatic carbocycles. The van der Waals surface area contributed by atoms with Crippen LogP contribution in [0.1, 0.15) is 36.7 Å². The van der Waals surface area contributed by atoms with Crippen LogP contribution in [0.2, 0.25) is 0 Å². The highest BCUT2D eigenvalue weighted by molar-refractivity contribution is 5.93. The number of morpholine rings is 1. The molecule has 2 saturated heterocycles. The molecule has 126 valence electrons. The molecule has 2 aliphatic heterocycles. The molecule has 0 spiro atoms. The Balaban J connectivity index is 1.65. The molecule has 0 saturated carbocycles. The van der Waals surface area contributed by atoms with E-state index in [1.165, 1.54) is 6.42 Å². The topological polar surface area (TPSA) is 67.7 Å². The summed E-state index contributed by atoms with van der Waals surface area (Å²) in [5.41, 5.74) is 0.568. The van der Waals surface area contributed by atoms with Crippen LogP contribution >= 0.6 is 0 Å². The maximum absolute atomic E-state index is 12.7. The summed E-state index contributed by atoms with van der Waals surface area (Å²) in [4.78, 5) is 28.8. The first-order valence-electron chi connectivity index (χ1n) is 8.42. The fourth-order valence-electron chi connectivity index (χ4n) is 3.23. The first-order valence-corrected chi connectivity index (χ1v) is 8.42. The van der Waals surface area contributed by atoms with E-state index in [1.807, 2.05) is 11.8 Å². The van der Waals surface area contributed by atoms with Crippen LogP contribution in [0.5, 0.6) is 0 Å². The molecule has 3 heterocycles. The molecule has 0 N–H and O–H groups in total. The number of ether oxygens (including phenoxy) is 1. The molecule has 0 aromatic carbocycles. The molecule has 3 rings (SSSR count). The van der Waals surface area contributed by atoms with Gasteiger partial charge in [0.25, 0.3) is 11.8 Å². The second-order valence-electron chi connectivity index (χ2n) is 6.03. The van der Waals surface area contributed by atoms with Gasteiger partial charge in [0, 0.05) is 32.4 Å². The first-order chi connectivity index (χ1) is 11.2. The minimum atomic E-state index is -0.538. The van der Waals surface area contributed by atoms with E-state index in [4.69, 9.17) is 4.74 Å². The van der Waals surface area contributed by atoms with Crippen LogP contribution in [0.25, 0.3) is 0 Å². The Morgan fingerprint density at radius 3 is 2.74 bits per heavy atom. The maximum Gasteiger partial charge on any atom is 0.272 e. The number of aryl methyl sites for hydroxylation is 1. The van der Waals surface area contributed by atoms with Gasteiger partial charge in [-0.1, -0.05) is 0 Å². The Kier molecular flexibility index (Phi) is 4.95. The Hall–Kier alpha value is -1.89. The molecule has 23 heavy (non-hydrogen) atoms. The maximum atomic E-state index is 12.7. The predicted molar refractivity (Wildman–Crippen MR) is 84.0 cm³/mol. The molecule has 0 unspecified atom stereocenters. The van der Waals surface area contributed by atoms with Crippen molar-refractivity contribution in [1.82, 2.24) is 19.6 Å². The highest BCUT2D eigenvalue weighted by atomic mass is 16.5. The van der Waals surface area contributed by atoms with Crippen LogP contribution in [-0.4, -0.2) is 70.3 Å².